The number of nitrogens with zero attached hydrogens (tertiary/aromatic N) is 2. The molecular formula is C21H27ClN4O2. The number of likely N-dealkylation sites (N-methyl/N-ethyl adjacent to an activating group) is 1. The minimum Gasteiger partial charge on any atom is -0.378 e. The van der Waals surface area contributed by atoms with Gasteiger partial charge in [-0.15, -0.1) is 0 Å². The van der Waals surface area contributed by atoms with Gasteiger partial charge in [0, 0.05) is 37.0 Å². The molecule has 0 aliphatic carbocycles. The molecule has 0 unspecified atom stereocenters. The molecular weight excluding hydrogens is 376 g/mol. The molecule has 0 saturated carbocycles. The Bertz CT molecular complexity index is 835. The van der Waals surface area contributed by atoms with Crippen LogP contribution in [0.15, 0.2) is 42.5 Å². The molecule has 0 spiro atoms. The predicted molar refractivity (Wildman–Crippen MR) is 115 cm³/mol. The monoisotopic (exact) mass is 402 g/mol. The standard InChI is InChI=1S/C21H27ClN4O2/c1-14-6-9-16(22)12-18(14)24-21(28)20(27)23-13-19(26(4)5)15-7-10-17(11-8-15)25(2)3/h6-12,19H,13H2,1-5H3,(H,23,27)(H,24,28)/t19-/m0/s1. The van der Waals surface area contributed by atoms with E-state index in [1.165, 1.54) is 0 Å². The Kier molecular flexibility index (Phi) is 7.43. The third kappa shape index (κ3) is 5.71. The summed E-state index contributed by atoms with van der Waals surface area (Å²) in [5.74, 6) is -1.40. The molecule has 2 N–H and O–H groups in total. The van der Waals surface area contributed by atoms with E-state index in [9.17, 15) is 9.59 Å². The molecule has 150 valence electrons. The number of rotatable bonds is 6. The Morgan fingerprint density at radius 1 is 1.00 bits per heavy atom. The van der Waals surface area contributed by atoms with E-state index in [1.807, 2.05) is 69.2 Å². The van der Waals surface area contributed by atoms with Crippen LogP contribution in [-0.4, -0.2) is 51.4 Å². The molecule has 2 aromatic rings. The maximum atomic E-state index is 12.3. The van der Waals surface area contributed by atoms with Gasteiger partial charge in [-0.1, -0.05) is 29.8 Å². The molecule has 2 rings (SSSR count). The molecule has 1 atom stereocenters. The Morgan fingerprint density at radius 3 is 2.21 bits per heavy atom. The van der Waals surface area contributed by atoms with Crippen molar-refractivity contribution < 1.29 is 9.59 Å². The van der Waals surface area contributed by atoms with Crippen LogP contribution in [0.3, 0.4) is 0 Å². The highest BCUT2D eigenvalue weighted by Gasteiger charge is 2.19. The highest BCUT2D eigenvalue weighted by molar-refractivity contribution is 6.40. The summed E-state index contributed by atoms with van der Waals surface area (Å²) in [4.78, 5) is 28.5. The van der Waals surface area contributed by atoms with Crippen molar-refractivity contribution in [3.8, 4) is 0 Å². The molecule has 0 aliphatic rings. The lowest BCUT2D eigenvalue weighted by molar-refractivity contribution is -0.136. The van der Waals surface area contributed by atoms with Crippen LogP contribution in [0.4, 0.5) is 11.4 Å². The number of hydrogen-bond acceptors (Lipinski definition) is 4. The van der Waals surface area contributed by atoms with E-state index in [-0.39, 0.29) is 6.04 Å². The van der Waals surface area contributed by atoms with Crippen molar-refractivity contribution in [1.29, 1.82) is 0 Å². The van der Waals surface area contributed by atoms with Crippen molar-refractivity contribution in [3.63, 3.8) is 0 Å². The summed E-state index contributed by atoms with van der Waals surface area (Å²) in [7, 11) is 7.84. The molecule has 0 radical (unpaired) electrons. The quantitative estimate of drug-likeness (QED) is 0.729. The number of anilines is 2. The summed E-state index contributed by atoms with van der Waals surface area (Å²) < 4.78 is 0. The van der Waals surface area contributed by atoms with Gasteiger partial charge in [0.05, 0.1) is 6.04 Å². The number of amides is 2. The molecule has 0 saturated heterocycles. The summed E-state index contributed by atoms with van der Waals surface area (Å²) >= 11 is 5.96. The van der Waals surface area contributed by atoms with E-state index in [4.69, 9.17) is 11.6 Å². The molecule has 0 bridgehead atoms. The SMILES string of the molecule is Cc1ccc(Cl)cc1NC(=O)C(=O)NC[C@@H](c1ccc(N(C)C)cc1)N(C)C. The van der Waals surface area contributed by atoms with Gasteiger partial charge in [0.15, 0.2) is 0 Å². The third-order valence-corrected chi connectivity index (χ3v) is 4.76. The van der Waals surface area contributed by atoms with Crippen LogP contribution in [0, 0.1) is 6.92 Å². The molecule has 6 nitrogen and oxygen atoms in total. The normalized spacial score (nSPS) is 11.8. The van der Waals surface area contributed by atoms with Gasteiger partial charge in [-0.3, -0.25) is 9.59 Å². The van der Waals surface area contributed by atoms with Crippen molar-refractivity contribution in [3.05, 3.63) is 58.6 Å². The van der Waals surface area contributed by atoms with E-state index < -0.39 is 11.8 Å². The maximum absolute atomic E-state index is 12.3. The van der Waals surface area contributed by atoms with Gasteiger partial charge in [-0.2, -0.15) is 0 Å². The zero-order chi connectivity index (χ0) is 20.8. The van der Waals surface area contributed by atoms with Crippen LogP contribution in [0.1, 0.15) is 17.2 Å². The zero-order valence-electron chi connectivity index (χ0n) is 16.9. The fraction of sp³-hybridized carbons (Fsp3) is 0.333. The van der Waals surface area contributed by atoms with Crippen molar-refractivity contribution in [1.82, 2.24) is 10.2 Å². The Labute approximate surface area is 171 Å². The molecule has 0 heterocycles. The van der Waals surface area contributed by atoms with Gasteiger partial charge in [0.2, 0.25) is 0 Å². The van der Waals surface area contributed by atoms with Crippen molar-refractivity contribution in [2.24, 2.45) is 0 Å². The van der Waals surface area contributed by atoms with Crippen LogP contribution >= 0.6 is 11.6 Å². The maximum Gasteiger partial charge on any atom is 0.313 e. The molecule has 2 aromatic carbocycles. The number of nitrogens with one attached hydrogen (secondary N) is 2. The van der Waals surface area contributed by atoms with E-state index in [0.717, 1.165) is 16.8 Å². The average molecular weight is 403 g/mol. The first-order valence-corrected chi connectivity index (χ1v) is 9.36. The second kappa shape index (κ2) is 9.57. The van der Waals surface area contributed by atoms with Gasteiger partial charge in [0.1, 0.15) is 0 Å². The van der Waals surface area contributed by atoms with Gasteiger partial charge < -0.3 is 20.4 Å². The predicted octanol–water partition coefficient (Wildman–Crippen LogP) is 3.07. The van der Waals surface area contributed by atoms with Crippen molar-refractivity contribution in [2.75, 3.05) is 45.0 Å². The first-order chi connectivity index (χ1) is 13.2. The van der Waals surface area contributed by atoms with Gasteiger partial charge >= 0.3 is 11.8 Å². The number of carbonyl (C=O) groups is 2. The summed E-state index contributed by atoms with van der Waals surface area (Å²) in [6, 6.07) is 13.2. The number of carbonyl (C=O) groups excluding carboxylic acids is 2. The molecule has 28 heavy (non-hydrogen) atoms. The molecule has 0 fully saturated rings. The van der Waals surface area contributed by atoms with E-state index >= 15 is 0 Å². The highest BCUT2D eigenvalue weighted by Crippen LogP contribution is 2.22. The van der Waals surface area contributed by atoms with Gasteiger partial charge in [-0.25, -0.2) is 0 Å². The second-order valence-electron chi connectivity index (χ2n) is 7.09. The lowest BCUT2D eigenvalue weighted by Gasteiger charge is -2.25. The summed E-state index contributed by atoms with van der Waals surface area (Å²) in [5.41, 5.74) is 3.51. The van der Waals surface area contributed by atoms with Crippen molar-refractivity contribution in [2.45, 2.75) is 13.0 Å². The Balaban J connectivity index is 2.01. The largest absolute Gasteiger partial charge is 0.378 e. The molecule has 7 heteroatoms. The van der Waals surface area contributed by atoms with Crippen LogP contribution in [-0.2, 0) is 9.59 Å². The lowest BCUT2D eigenvalue weighted by Crippen LogP contribution is -2.40. The lowest BCUT2D eigenvalue weighted by atomic mass is 10.1. The highest BCUT2D eigenvalue weighted by atomic mass is 35.5. The zero-order valence-corrected chi connectivity index (χ0v) is 17.7. The van der Waals surface area contributed by atoms with Gasteiger partial charge in [0.25, 0.3) is 0 Å². The summed E-state index contributed by atoms with van der Waals surface area (Å²) in [5, 5.41) is 5.82. The Hall–Kier alpha value is -2.57. The van der Waals surface area contributed by atoms with E-state index in [1.54, 1.807) is 18.2 Å². The third-order valence-electron chi connectivity index (χ3n) is 4.53. The molecule has 2 amide bonds. The fourth-order valence-electron chi connectivity index (χ4n) is 2.77. The molecule has 0 aliphatic heterocycles. The average Bonchev–Trinajstić information content (AvgIpc) is 2.64. The number of halogens is 1. The molecule has 0 aromatic heterocycles. The smallest absolute Gasteiger partial charge is 0.313 e. The fourth-order valence-corrected chi connectivity index (χ4v) is 2.94. The second-order valence-corrected chi connectivity index (χ2v) is 7.53. The van der Waals surface area contributed by atoms with Gasteiger partial charge in [-0.05, 0) is 56.4 Å². The number of benzene rings is 2. The minimum absolute atomic E-state index is 0.0548. The summed E-state index contributed by atoms with van der Waals surface area (Å²) in [6.45, 7) is 2.15. The van der Waals surface area contributed by atoms with Crippen LogP contribution in [0.25, 0.3) is 0 Å². The van der Waals surface area contributed by atoms with E-state index in [2.05, 4.69) is 10.6 Å². The topological polar surface area (TPSA) is 64.7 Å². The Morgan fingerprint density at radius 2 is 1.64 bits per heavy atom. The first kappa shape index (κ1) is 21.7. The number of hydrogen-bond donors (Lipinski definition) is 2. The van der Waals surface area contributed by atoms with E-state index in [0.29, 0.717) is 17.3 Å². The van der Waals surface area contributed by atoms with Crippen LogP contribution in [0.5, 0.6) is 0 Å². The van der Waals surface area contributed by atoms with Crippen LogP contribution < -0.4 is 15.5 Å². The minimum atomic E-state index is -0.717. The van der Waals surface area contributed by atoms with Crippen LogP contribution in [0.2, 0.25) is 5.02 Å². The van der Waals surface area contributed by atoms with Crippen molar-refractivity contribution >= 4 is 34.8 Å². The first-order valence-electron chi connectivity index (χ1n) is 8.98. The number of aryl methyl sites for hydroxylation is 1. The summed E-state index contributed by atoms with van der Waals surface area (Å²) in [6.07, 6.45) is 0.